The maximum atomic E-state index is 3.74. The predicted octanol–water partition coefficient (Wildman–Crippen LogP) is 3.62. The summed E-state index contributed by atoms with van der Waals surface area (Å²) in [5.41, 5.74) is 0.358. The molecule has 1 aliphatic rings. The zero-order chi connectivity index (χ0) is 14.5. The Balaban J connectivity index is 2.42. The Bertz CT molecular complexity index is 240. The van der Waals surface area contributed by atoms with Crippen molar-refractivity contribution in [3.63, 3.8) is 0 Å². The molecule has 0 aliphatic carbocycles. The fourth-order valence-electron chi connectivity index (χ4n) is 2.94. The van der Waals surface area contributed by atoms with Crippen LogP contribution in [0.15, 0.2) is 0 Å². The Hall–Kier alpha value is 0.270. The van der Waals surface area contributed by atoms with Crippen LogP contribution in [0.25, 0.3) is 0 Å². The average molecular weight is 287 g/mol. The smallest absolute Gasteiger partial charge is 0.0149 e. The van der Waals surface area contributed by atoms with Gasteiger partial charge in [-0.1, -0.05) is 41.5 Å². The maximum absolute atomic E-state index is 3.74. The van der Waals surface area contributed by atoms with E-state index in [0.717, 1.165) is 17.0 Å². The average Bonchev–Trinajstić information content (AvgIpc) is 2.26. The Kier molecular flexibility index (Phi) is 7.20. The third-order valence-electron chi connectivity index (χ3n) is 3.92. The van der Waals surface area contributed by atoms with Crippen LogP contribution in [-0.2, 0) is 0 Å². The fraction of sp³-hybridized carbons (Fsp3) is 1.00. The standard InChI is InChI=1S/C16H34N2S/c1-7-9-17-15(16(4,5)6)8-10-18-11-13(2)19-14(3)12-18/h13-15,17H,7-12H2,1-6H3. The molecule has 0 saturated carbocycles. The van der Waals surface area contributed by atoms with E-state index in [0.29, 0.717) is 11.5 Å². The maximum Gasteiger partial charge on any atom is 0.0149 e. The van der Waals surface area contributed by atoms with Crippen molar-refractivity contribution in [2.75, 3.05) is 26.2 Å². The molecule has 1 fully saturated rings. The molecule has 0 bridgehead atoms. The van der Waals surface area contributed by atoms with Crippen LogP contribution in [0.5, 0.6) is 0 Å². The Labute approximate surface area is 125 Å². The van der Waals surface area contributed by atoms with Crippen molar-refractivity contribution >= 4 is 11.8 Å². The van der Waals surface area contributed by atoms with E-state index in [1.807, 2.05) is 0 Å². The van der Waals surface area contributed by atoms with Gasteiger partial charge in [0.05, 0.1) is 0 Å². The van der Waals surface area contributed by atoms with Gasteiger partial charge in [0.25, 0.3) is 0 Å². The normalized spacial score (nSPS) is 27.5. The number of nitrogens with zero attached hydrogens (tertiary/aromatic N) is 1. The number of nitrogens with one attached hydrogen (secondary N) is 1. The Morgan fingerprint density at radius 1 is 1.21 bits per heavy atom. The first-order valence-electron chi connectivity index (χ1n) is 7.94. The lowest BCUT2D eigenvalue weighted by Gasteiger charge is -2.37. The van der Waals surface area contributed by atoms with Crippen molar-refractivity contribution in [1.82, 2.24) is 10.2 Å². The quantitative estimate of drug-likeness (QED) is 0.803. The topological polar surface area (TPSA) is 15.3 Å². The van der Waals surface area contributed by atoms with Gasteiger partial charge in [-0.25, -0.2) is 0 Å². The van der Waals surface area contributed by atoms with E-state index < -0.39 is 0 Å². The lowest BCUT2D eigenvalue weighted by molar-refractivity contribution is 0.202. The summed E-state index contributed by atoms with van der Waals surface area (Å²) in [6.45, 7) is 19.0. The molecule has 0 aromatic heterocycles. The highest BCUT2D eigenvalue weighted by atomic mass is 32.2. The second kappa shape index (κ2) is 7.90. The van der Waals surface area contributed by atoms with Crippen molar-refractivity contribution in [2.24, 2.45) is 5.41 Å². The first-order chi connectivity index (χ1) is 8.82. The van der Waals surface area contributed by atoms with Gasteiger partial charge >= 0.3 is 0 Å². The third kappa shape index (κ3) is 6.50. The van der Waals surface area contributed by atoms with Crippen LogP contribution in [0.3, 0.4) is 0 Å². The predicted molar refractivity (Wildman–Crippen MR) is 89.1 cm³/mol. The van der Waals surface area contributed by atoms with Crippen molar-refractivity contribution in [1.29, 1.82) is 0 Å². The molecule has 2 nitrogen and oxygen atoms in total. The monoisotopic (exact) mass is 286 g/mol. The summed E-state index contributed by atoms with van der Waals surface area (Å²) in [4.78, 5) is 2.66. The van der Waals surface area contributed by atoms with Gasteiger partial charge in [-0.2, -0.15) is 11.8 Å². The highest BCUT2D eigenvalue weighted by Gasteiger charge is 2.26. The van der Waals surface area contributed by atoms with Crippen molar-refractivity contribution in [3.8, 4) is 0 Å². The highest BCUT2D eigenvalue weighted by Crippen LogP contribution is 2.26. The van der Waals surface area contributed by atoms with Crippen molar-refractivity contribution in [3.05, 3.63) is 0 Å². The van der Waals surface area contributed by atoms with Crippen LogP contribution in [0, 0.1) is 5.41 Å². The van der Waals surface area contributed by atoms with Crippen molar-refractivity contribution < 1.29 is 0 Å². The third-order valence-corrected chi connectivity index (χ3v) is 5.14. The molecule has 1 rings (SSSR count). The molecular weight excluding hydrogens is 252 g/mol. The van der Waals surface area contributed by atoms with Crippen LogP contribution in [-0.4, -0.2) is 47.6 Å². The molecule has 0 aromatic carbocycles. The number of hydrogen-bond donors (Lipinski definition) is 1. The van der Waals surface area contributed by atoms with Crippen LogP contribution in [0.4, 0.5) is 0 Å². The SMILES string of the molecule is CCCNC(CCN1CC(C)SC(C)C1)C(C)(C)C. The largest absolute Gasteiger partial charge is 0.313 e. The molecular formula is C16H34N2S. The first-order valence-corrected chi connectivity index (χ1v) is 8.88. The second-order valence-corrected chi connectivity index (χ2v) is 9.06. The minimum Gasteiger partial charge on any atom is -0.313 e. The van der Waals surface area contributed by atoms with E-state index in [1.54, 1.807) is 0 Å². The molecule has 19 heavy (non-hydrogen) atoms. The van der Waals surface area contributed by atoms with Gasteiger partial charge in [-0.3, -0.25) is 0 Å². The minimum atomic E-state index is 0.358. The van der Waals surface area contributed by atoms with E-state index in [9.17, 15) is 0 Å². The molecule has 3 atom stereocenters. The van der Waals surface area contributed by atoms with Crippen LogP contribution in [0.2, 0.25) is 0 Å². The summed E-state index contributed by atoms with van der Waals surface area (Å²) in [5.74, 6) is 0. The highest BCUT2D eigenvalue weighted by molar-refractivity contribution is 8.00. The summed E-state index contributed by atoms with van der Waals surface area (Å²) >= 11 is 2.14. The Morgan fingerprint density at radius 2 is 1.79 bits per heavy atom. The summed E-state index contributed by atoms with van der Waals surface area (Å²) in [7, 11) is 0. The molecule has 1 saturated heterocycles. The van der Waals surface area contributed by atoms with E-state index >= 15 is 0 Å². The lowest BCUT2D eigenvalue weighted by atomic mass is 9.84. The number of thioether (sulfide) groups is 1. The van der Waals surface area contributed by atoms with Gasteiger partial charge < -0.3 is 10.2 Å². The summed E-state index contributed by atoms with van der Waals surface area (Å²) in [5, 5.41) is 5.32. The van der Waals surface area contributed by atoms with Crippen LogP contribution >= 0.6 is 11.8 Å². The summed E-state index contributed by atoms with van der Waals surface area (Å²) < 4.78 is 0. The van der Waals surface area contributed by atoms with E-state index in [-0.39, 0.29) is 0 Å². The molecule has 1 N–H and O–H groups in total. The molecule has 114 valence electrons. The molecule has 0 radical (unpaired) electrons. The number of rotatable bonds is 6. The first kappa shape index (κ1) is 17.3. The summed E-state index contributed by atoms with van der Waals surface area (Å²) in [6, 6.07) is 0.632. The molecule has 3 heteroatoms. The van der Waals surface area contributed by atoms with E-state index in [4.69, 9.17) is 0 Å². The van der Waals surface area contributed by atoms with Gasteiger partial charge in [0.15, 0.2) is 0 Å². The second-order valence-electron chi connectivity index (χ2n) is 7.18. The van der Waals surface area contributed by atoms with E-state index in [2.05, 4.69) is 63.5 Å². The lowest BCUT2D eigenvalue weighted by Crippen LogP contribution is -2.46. The molecule has 0 spiro atoms. The molecule has 3 unspecified atom stereocenters. The molecule has 1 heterocycles. The Morgan fingerprint density at radius 3 is 2.26 bits per heavy atom. The number of hydrogen-bond acceptors (Lipinski definition) is 3. The molecule has 0 aromatic rings. The zero-order valence-electron chi connectivity index (χ0n) is 13.8. The van der Waals surface area contributed by atoms with Gasteiger partial charge in [0.2, 0.25) is 0 Å². The van der Waals surface area contributed by atoms with Gasteiger partial charge in [-0.05, 0) is 31.3 Å². The minimum absolute atomic E-state index is 0.358. The van der Waals surface area contributed by atoms with Gasteiger partial charge in [0.1, 0.15) is 0 Å². The van der Waals surface area contributed by atoms with Gasteiger partial charge in [-0.15, -0.1) is 0 Å². The zero-order valence-corrected chi connectivity index (χ0v) is 14.6. The van der Waals surface area contributed by atoms with Crippen LogP contribution < -0.4 is 5.32 Å². The molecule has 1 aliphatic heterocycles. The van der Waals surface area contributed by atoms with E-state index in [1.165, 1.54) is 32.5 Å². The molecule has 0 amide bonds. The van der Waals surface area contributed by atoms with Crippen molar-refractivity contribution in [2.45, 2.75) is 70.9 Å². The summed E-state index contributed by atoms with van der Waals surface area (Å²) in [6.07, 6.45) is 2.49. The van der Waals surface area contributed by atoms with Crippen LogP contribution in [0.1, 0.15) is 54.4 Å². The van der Waals surface area contributed by atoms with Gasteiger partial charge in [0, 0.05) is 29.6 Å². The fourth-order valence-corrected chi connectivity index (χ4v) is 4.33.